The molecule has 2 aromatic rings. The Hall–Kier alpha value is -2.84. The van der Waals surface area contributed by atoms with Gasteiger partial charge >= 0.3 is 0 Å². The second-order valence-electron chi connectivity index (χ2n) is 6.35. The van der Waals surface area contributed by atoms with Gasteiger partial charge in [-0.1, -0.05) is 36.1 Å². The Morgan fingerprint density at radius 1 is 1.18 bits per heavy atom. The molecule has 1 aliphatic rings. The van der Waals surface area contributed by atoms with Crippen molar-refractivity contribution in [2.24, 2.45) is 0 Å². The summed E-state index contributed by atoms with van der Waals surface area (Å²) in [6, 6.07) is 13.9. The zero-order valence-electron chi connectivity index (χ0n) is 15.4. The number of carbonyl (C=O) groups excluding carboxylic acids is 2. The predicted octanol–water partition coefficient (Wildman–Crippen LogP) is 3.30. The molecule has 0 aliphatic carbocycles. The summed E-state index contributed by atoms with van der Waals surface area (Å²) in [5.41, 5.74) is 2.49. The number of phenolic OH excluding ortho intramolecular Hbond substituents is 1. The van der Waals surface area contributed by atoms with Gasteiger partial charge in [0, 0.05) is 25.5 Å². The summed E-state index contributed by atoms with van der Waals surface area (Å²) in [6.07, 6.45) is 1.77. The van der Waals surface area contributed by atoms with Crippen molar-refractivity contribution < 1.29 is 14.7 Å². The average Bonchev–Trinajstić information content (AvgIpc) is 2.91. The molecule has 0 radical (unpaired) electrons. The maximum Gasteiger partial charge on any atom is 0.266 e. The van der Waals surface area contributed by atoms with Crippen molar-refractivity contribution >= 4 is 57.6 Å². The Labute approximate surface area is 172 Å². The molecule has 28 heavy (non-hydrogen) atoms. The van der Waals surface area contributed by atoms with E-state index in [0.717, 1.165) is 11.3 Å². The molecule has 2 aromatic carbocycles. The number of hydrogen-bond acceptors (Lipinski definition) is 6. The minimum absolute atomic E-state index is 0.110. The van der Waals surface area contributed by atoms with Gasteiger partial charge in [-0.2, -0.15) is 0 Å². The summed E-state index contributed by atoms with van der Waals surface area (Å²) < 4.78 is 0.349. The lowest BCUT2D eigenvalue weighted by molar-refractivity contribution is -0.126. The third-order valence-corrected chi connectivity index (χ3v) is 5.41. The zero-order chi connectivity index (χ0) is 20.3. The van der Waals surface area contributed by atoms with E-state index in [0.29, 0.717) is 14.9 Å². The topological polar surface area (TPSA) is 72.9 Å². The van der Waals surface area contributed by atoms with Gasteiger partial charge in [0.05, 0.1) is 4.91 Å². The molecule has 0 aromatic heterocycles. The first-order valence-corrected chi connectivity index (χ1v) is 9.67. The molecule has 8 heteroatoms. The Balaban J connectivity index is 1.67. The number of aromatic hydroxyl groups is 1. The van der Waals surface area contributed by atoms with Crippen LogP contribution in [0.5, 0.6) is 5.75 Å². The monoisotopic (exact) mass is 413 g/mol. The number of rotatable bonds is 5. The van der Waals surface area contributed by atoms with Crippen LogP contribution in [0.1, 0.15) is 5.56 Å². The van der Waals surface area contributed by atoms with Gasteiger partial charge in [0.15, 0.2) is 0 Å². The van der Waals surface area contributed by atoms with E-state index < -0.39 is 0 Å². The first-order chi connectivity index (χ1) is 13.3. The number of amides is 2. The van der Waals surface area contributed by atoms with Gasteiger partial charge in [-0.3, -0.25) is 14.5 Å². The molecular formula is C20H19N3O3S2. The van der Waals surface area contributed by atoms with Crippen LogP contribution < -0.4 is 10.2 Å². The highest BCUT2D eigenvalue weighted by atomic mass is 32.2. The third-order valence-electron chi connectivity index (χ3n) is 4.03. The van der Waals surface area contributed by atoms with Crippen LogP contribution in [0.4, 0.5) is 11.4 Å². The van der Waals surface area contributed by atoms with E-state index in [9.17, 15) is 14.7 Å². The third kappa shape index (κ3) is 4.71. The van der Waals surface area contributed by atoms with Crippen LogP contribution in [0, 0.1) is 0 Å². The lowest BCUT2D eigenvalue weighted by Crippen LogP contribution is -2.36. The Morgan fingerprint density at radius 3 is 2.43 bits per heavy atom. The molecule has 0 bridgehead atoms. The quantitative estimate of drug-likeness (QED) is 0.445. The Kier molecular flexibility index (Phi) is 6.01. The molecule has 0 spiro atoms. The molecule has 2 amide bonds. The summed E-state index contributed by atoms with van der Waals surface area (Å²) in [6.45, 7) is -0.164. The van der Waals surface area contributed by atoms with Gasteiger partial charge in [-0.15, -0.1) is 0 Å². The average molecular weight is 414 g/mol. The highest BCUT2D eigenvalue weighted by Crippen LogP contribution is 2.32. The summed E-state index contributed by atoms with van der Waals surface area (Å²) in [5.74, 6) is -0.537. The summed E-state index contributed by atoms with van der Waals surface area (Å²) in [7, 11) is 3.92. The van der Waals surface area contributed by atoms with Crippen LogP contribution in [0.15, 0.2) is 53.4 Å². The predicted molar refractivity (Wildman–Crippen MR) is 117 cm³/mol. The summed E-state index contributed by atoms with van der Waals surface area (Å²) in [5, 5.41) is 12.0. The molecule has 6 nitrogen and oxygen atoms in total. The van der Waals surface area contributed by atoms with E-state index in [4.69, 9.17) is 12.2 Å². The largest absolute Gasteiger partial charge is 0.508 e. The fourth-order valence-electron chi connectivity index (χ4n) is 2.55. The van der Waals surface area contributed by atoms with E-state index in [1.165, 1.54) is 28.8 Å². The first kappa shape index (κ1) is 19.9. The van der Waals surface area contributed by atoms with E-state index in [-0.39, 0.29) is 24.1 Å². The fourth-order valence-corrected chi connectivity index (χ4v) is 3.80. The highest BCUT2D eigenvalue weighted by Gasteiger charge is 2.33. The molecule has 1 aliphatic heterocycles. The number of phenols is 1. The van der Waals surface area contributed by atoms with Crippen molar-refractivity contribution in [3.63, 3.8) is 0 Å². The number of thiocarbonyl (C=S) groups is 1. The van der Waals surface area contributed by atoms with Gasteiger partial charge < -0.3 is 15.3 Å². The number of benzene rings is 2. The minimum Gasteiger partial charge on any atom is -0.508 e. The van der Waals surface area contributed by atoms with Crippen molar-refractivity contribution in [1.82, 2.24) is 4.90 Å². The number of anilines is 2. The highest BCUT2D eigenvalue weighted by molar-refractivity contribution is 8.26. The van der Waals surface area contributed by atoms with Crippen LogP contribution >= 0.6 is 24.0 Å². The first-order valence-electron chi connectivity index (χ1n) is 8.45. The molecule has 1 heterocycles. The minimum atomic E-state index is -0.362. The number of hydrogen-bond donors (Lipinski definition) is 2. The normalized spacial score (nSPS) is 15.2. The smallest absolute Gasteiger partial charge is 0.266 e. The summed E-state index contributed by atoms with van der Waals surface area (Å²) >= 11 is 6.46. The maximum absolute atomic E-state index is 12.7. The van der Waals surface area contributed by atoms with Crippen LogP contribution in [0.2, 0.25) is 0 Å². The van der Waals surface area contributed by atoms with Gasteiger partial charge in [-0.25, -0.2) is 0 Å². The van der Waals surface area contributed by atoms with Crippen molar-refractivity contribution in [3.8, 4) is 5.75 Å². The number of carbonyl (C=O) groups is 2. The molecule has 3 rings (SSSR count). The SMILES string of the molecule is CN(C)c1ccc(/C=C2\SC(=S)N(CC(=O)Nc3ccc(O)cc3)C2=O)cc1. The van der Waals surface area contributed by atoms with Crippen molar-refractivity contribution in [2.75, 3.05) is 30.9 Å². The fraction of sp³-hybridized carbons (Fsp3) is 0.150. The molecule has 1 fully saturated rings. The van der Waals surface area contributed by atoms with Gasteiger partial charge in [0.2, 0.25) is 5.91 Å². The molecule has 144 valence electrons. The van der Waals surface area contributed by atoms with Crippen LogP contribution in [0.25, 0.3) is 6.08 Å². The number of nitrogens with zero attached hydrogens (tertiary/aromatic N) is 2. The van der Waals surface area contributed by atoms with Crippen LogP contribution in [-0.2, 0) is 9.59 Å². The molecule has 2 N–H and O–H groups in total. The zero-order valence-corrected chi connectivity index (χ0v) is 17.0. The maximum atomic E-state index is 12.7. The number of nitrogens with one attached hydrogen (secondary N) is 1. The van der Waals surface area contributed by atoms with Crippen molar-refractivity contribution in [3.05, 3.63) is 59.0 Å². The lowest BCUT2D eigenvalue weighted by atomic mass is 10.2. The van der Waals surface area contributed by atoms with E-state index in [2.05, 4.69) is 5.32 Å². The Bertz CT molecular complexity index is 938. The van der Waals surface area contributed by atoms with Crippen LogP contribution in [-0.4, -0.2) is 46.8 Å². The molecular weight excluding hydrogens is 394 g/mol. The van der Waals surface area contributed by atoms with E-state index in [1.807, 2.05) is 43.3 Å². The van der Waals surface area contributed by atoms with Gasteiger partial charge in [0.25, 0.3) is 5.91 Å². The van der Waals surface area contributed by atoms with Gasteiger partial charge in [0.1, 0.15) is 16.6 Å². The summed E-state index contributed by atoms with van der Waals surface area (Å²) in [4.78, 5) is 28.7. The molecule has 0 saturated carbocycles. The standard InChI is InChI=1S/C20H19N3O3S2/c1-22(2)15-7-3-13(4-8-15)11-17-19(26)23(20(27)28-17)12-18(25)21-14-5-9-16(24)10-6-14/h3-11,24H,12H2,1-2H3,(H,21,25)/b17-11-. The molecule has 0 atom stereocenters. The Morgan fingerprint density at radius 2 is 1.82 bits per heavy atom. The van der Waals surface area contributed by atoms with Crippen LogP contribution in [0.3, 0.4) is 0 Å². The second kappa shape index (κ2) is 8.45. The molecule has 0 unspecified atom stereocenters. The van der Waals surface area contributed by atoms with E-state index >= 15 is 0 Å². The number of thioether (sulfide) groups is 1. The lowest BCUT2D eigenvalue weighted by Gasteiger charge is -2.14. The van der Waals surface area contributed by atoms with Crippen molar-refractivity contribution in [1.29, 1.82) is 0 Å². The van der Waals surface area contributed by atoms with E-state index in [1.54, 1.807) is 18.2 Å². The van der Waals surface area contributed by atoms with Crippen molar-refractivity contribution in [2.45, 2.75) is 0 Å². The molecule has 1 saturated heterocycles. The van der Waals surface area contributed by atoms with Gasteiger partial charge in [-0.05, 0) is 48.0 Å². The second-order valence-corrected chi connectivity index (χ2v) is 8.02.